The number of fused-ring (bicyclic) bond motifs is 2. The first-order chi connectivity index (χ1) is 20.2. The first-order valence-corrected chi connectivity index (χ1v) is 10.3. The SMILES string of the molecule is [2H]C1([2H])c2o[nH]c(=O)c2C([2H])([2H])C([2H])([2H])N1Cc1ccccc1.[2H]c1c([2H])[n+](Cc2ccccc2)c([2H])c2o[nH]c(=O)c12.[Br-]. The highest BCUT2D eigenvalue weighted by atomic mass is 79.9. The lowest BCUT2D eigenvalue weighted by Gasteiger charge is -2.24. The highest BCUT2D eigenvalue weighted by Crippen LogP contribution is 2.17. The van der Waals surface area contributed by atoms with E-state index >= 15 is 0 Å². The molecule has 2 N–H and O–H groups in total. The number of nitrogens with zero attached hydrogens (tertiary/aromatic N) is 2. The molecule has 4 heterocycles. The molecule has 0 spiro atoms. The lowest BCUT2D eigenvalue weighted by molar-refractivity contribution is -0.687. The van der Waals surface area contributed by atoms with E-state index in [-0.39, 0.29) is 59.4 Å². The third-order valence-electron chi connectivity index (χ3n) is 4.87. The molecule has 0 aliphatic carbocycles. The van der Waals surface area contributed by atoms with Gasteiger partial charge in [-0.1, -0.05) is 60.7 Å². The maximum atomic E-state index is 11.8. The maximum Gasteiger partial charge on any atom is 0.288 e. The molecule has 5 aromatic rings. The lowest BCUT2D eigenvalue weighted by atomic mass is 10.1. The molecule has 0 amide bonds. The van der Waals surface area contributed by atoms with Crippen LogP contribution >= 0.6 is 0 Å². The monoisotopic (exact) mass is 545 g/mol. The Bertz CT molecular complexity index is 1910. The fraction of sp³-hybridized carbons (Fsp3) is 0.192. The van der Waals surface area contributed by atoms with Gasteiger partial charge in [0, 0.05) is 30.1 Å². The molecule has 35 heavy (non-hydrogen) atoms. The third-order valence-corrected chi connectivity index (χ3v) is 4.87. The average molecular weight is 546 g/mol. The van der Waals surface area contributed by atoms with Crippen LogP contribution in [0.1, 0.15) is 34.8 Å². The zero-order valence-electron chi connectivity index (χ0n) is 27.1. The summed E-state index contributed by atoms with van der Waals surface area (Å²) in [6, 6.07) is 17.7. The summed E-state index contributed by atoms with van der Waals surface area (Å²) in [5.74, 6) is -0.529. The molecule has 0 radical (unpaired) electrons. The van der Waals surface area contributed by atoms with E-state index in [1.807, 2.05) is 35.5 Å². The number of nitrogens with one attached hydrogen (secondary N) is 2. The number of rotatable bonds is 4. The zero-order chi connectivity index (χ0) is 31.3. The standard InChI is InChI=1S/C13H14N2O2.C13H10N2O2.BrH/c2*16-13-11-6-7-15(9-12(11)17-14-13)8-10-4-2-1-3-5-10;/h1-5H,6-9H2,(H,14,16);1-7,9H,8H2;1H/i6D2,7D2,9D2;6D,7D,9D;. The van der Waals surface area contributed by atoms with Crippen molar-refractivity contribution in [1.82, 2.24) is 15.2 Å². The number of hydrogen-bond donors (Lipinski definition) is 2. The van der Waals surface area contributed by atoms with Gasteiger partial charge in [-0.25, -0.2) is 0 Å². The normalized spacial score (nSPS) is 21.0. The predicted octanol–water partition coefficient (Wildman–Crippen LogP) is -0.0129. The van der Waals surface area contributed by atoms with Crippen LogP contribution in [0.15, 0.2) is 97.7 Å². The van der Waals surface area contributed by atoms with Gasteiger partial charge in [-0.15, -0.1) is 0 Å². The van der Waals surface area contributed by atoms with Gasteiger partial charge < -0.3 is 26.0 Å². The van der Waals surface area contributed by atoms with Gasteiger partial charge in [0.2, 0.25) is 11.8 Å². The summed E-state index contributed by atoms with van der Waals surface area (Å²) in [4.78, 5) is 24.0. The van der Waals surface area contributed by atoms with Gasteiger partial charge >= 0.3 is 0 Å². The molecule has 3 aromatic heterocycles. The van der Waals surface area contributed by atoms with Gasteiger partial charge in [0.15, 0.2) is 18.5 Å². The predicted molar refractivity (Wildman–Crippen MR) is 126 cm³/mol. The summed E-state index contributed by atoms with van der Waals surface area (Å²) in [5.41, 5.74) is -0.673. The number of H-pyrrole nitrogens is 2. The van der Waals surface area contributed by atoms with Gasteiger partial charge in [0.05, 0.1) is 21.6 Å². The van der Waals surface area contributed by atoms with E-state index in [2.05, 4.69) is 5.16 Å². The van der Waals surface area contributed by atoms with E-state index in [0.29, 0.717) is 5.56 Å². The van der Waals surface area contributed by atoms with Gasteiger partial charge in [-0.2, -0.15) is 14.9 Å². The summed E-state index contributed by atoms with van der Waals surface area (Å²) in [5, 5.41) is 3.97. The van der Waals surface area contributed by atoms with Crippen molar-refractivity contribution in [3.63, 3.8) is 0 Å². The molecule has 0 bridgehead atoms. The quantitative estimate of drug-likeness (QED) is 0.309. The average Bonchev–Trinajstić information content (AvgIpc) is 3.57. The van der Waals surface area contributed by atoms with Crippen LogP contribution in [0.4, 0.5) is 0 Å². The van der Waals surface area contributed by atoms with Crippen LogP contribution in [0.25, 0.3) is 11.0 Å². The fourth-order valence-corrected chi connectivity index (χ4v) is 3.23. The highest BCUT2D eigenvalue weighted by molar-refractivity contribution is 5.73. The van der Waals surface area contributed by atoms with Gasteiger partial charge in [0.1, 0.15) is 2.74 Å². The van der Waals surface area contributed by atoms with Crippen molar-refractivity contribution in [1.29, 1.82) is 0 Å². The summed E-state index contributed by atoms with van der Waals surface area (Å²) in [6.45, 7) is -5.15. The zero-order valence-corrected chi connectivity index (χ0v) is 19.7. The van der Waals surface area contributed by atoms with Crippen LogP contribution in [0.3, 0.4) is 0 Å². The van der Waals surface area contributed by atoms with E-state index in [9.17, 15) is 9.59 Å². The molecule has 0 saturated heterocycles. The lowest BCUT2D eigenvalue weighted by Crippen LogP contribution is -3.00. The highest BCUT2D eigenvalue weighted by Gasteiger charge is 2.22. The van der Waals surface area contributed by atoms with Crippen molar-refractivity contribution < 1.29 is 42.9 Å². The molecule has 8 nitrogen and oxygen atoms in total. The second-order valence-corrected chi connectivity index (χ2v) is 7.32. The molecule has 1 aliphatic rings. The maximum absolute atomic E-state index is 11.8. The van der Waals surface area contributed by atoms with E-state index in [1.165, 1.54) is 4.57 Å². The summed E-state index contributed by atoms with van der Waals surface area (Å²) >= 11 is 0. The number of aromatic nitrogens is 3. The number of benzene rings is 2. The largest absolute Gasteiger partial charge is 1.00 e. The van der Waals surface area contributed by atoms with Gasteiger partial charge in [-0.3, -0.25) is 14.5 Å². The van der Waals surface area contributed by atoms with E-state index < -0.39 is 41.8 Å². The van der Waals surface area contributed by atoms with Crippen LogP contribution in [0.2, 0.25) is 0 Å². The van der Waals surface area contributed by atoms with Crippen molar-refractivity contribution in [2.24, 2.45) is 0 Å². The first-order valence-electron chi connectivity index (χ1n) is 14.8. The minimum Gasteiger partial charge on any atom is -1.00 e. The van der Waals surface area contributed by atoms with Crippen molar-refractivity contribution in [3.8, 4) is 0 Å². The summed E-state index contributed by atoms with van der Waals surface area (Å²) in [7, 11) is 0. The Balaban J connectivity index is 0.000000198. The topological polar surface area (TPSA) is 99.1 Å². The van der Waals surface area contributed by atoms with E-state index in [0.717, 1.165) is 10.5 Å². The van der Waals surface area contributed by atoms with E-state index in [4.69, 9.17) is 21.4 Å². The molecule has 9 heteroatoms. The Kier molecular flexibility index (Phi) is 4.89. The van der Waals surface area contributed by atoms with Crippen LogP contribution < -0.4 is 32.7 Å². The molecule has 1 aliphatic heterocycles. The van der Waals surface area contributed by atoms with Crippen molar-refractivity contribution in [2.45, 2.75) is 26.0 Å². The van der Waals surface area contributed by atoms with Crippen molar-refractivity contribution in [2.75, 3.05) is 6.50 Å². The van der Waals surface area contributed by atoms with Crippen LogP contribution in [0, 0.1) is 0 Å². The number of pyridine rings is 1. The smallest absolute Gasteiger partial charge is 0.288 e. The Morgan fingerprint density at radius 1 is 0.971 bits per heavy atom. The second-order valence-electron chi connectivity index (χ2n) is 7.32. The Morgan fingerprint density at radius 3 is 2.40 bits per heavy atom. The minimum absolute atomic E-state index is 0. The number of hydrogen-bond acceptors (Lipinski definition) is 5. The minimum atomic E-state index is -2.75. The first kappa shape index (κ1) is 15.3. The molecular weight excluding hydrogens is 512 g/mol. The second kappa shape index (κ2) is 11.2. The Hall–Kier alpha value is -3.69. The molecule has 180 valence electrons. The fourth-order valence-electron chi connectivity index (χ4n) is 3.23. The third kappa shape index (κ3) is 5.87. The van der Waals surface area contributed by atoms with Crippen LogP contribution in [-0.2, 0) is 26.0 Å². The molecule has 0 unspecified atom stereocenters. The van der Waals surface area contributed by atoms with Crippen molar-refractivity contribution >= 4 is 11.0 Å². The van der Waals surface area contributed by atoms with Crippen LogP contribution in [0.5, 0.6) is 0 Å². The Labute approximate surface area is 224 Å². The van der Waals surface area contributed by atoms with Gasteiger partial charge in [0.25, 0.3) is 11.1 Å². The summed E-state index contributed by atoms with van der Waals surface area (Å²) in [6.07, 6.45) is -3.01. The van der Waals surface area contributed by atoms with E-state index in [1.54, 1.807) is 30.3 Å². The van der Waals surface area contributed by atoms with Gasteiger partial charge in [-0.05, 0) is 11.9 Å². The molecule has 2 aromatic carbocycles. The molecule has 6 rings (SSSR count). The number of halogens is 1. The molecule has 0 saturated carbocycles. The Morgan fingerprint density at radius 2 is 1.66 bits per heavy atom. The number of aromatic amines is 2. The van der Waals surface area contributed by atoms with Crippen molar-refractivity contribution in [3.05, 3.63) is 122 Å². The van der Waals surface area contributed by atoms with Crippen LogP contribution in [-0.4, -0.2) is 21.7 Å². The molecule has 0 atom stereocenters. The molecular formula is C26H25BrN4O4. The molecule has 0 fully saturated rings. The summed E-state index contributed by atoms with van der Waals surface area (Å²) < 4.78 is 83.8.